The number of halogens is 1. The molecule has 116 valence electrons. The van der Waals surface area contributed by atoms with E-state index in [0.29, 0.717) is 15.4 Å². The largest absolute Gasteiger partial charge is 0.310 e. The van der Waals surface area contributed by atoms with Gasteiger partial charge in [-0.05, 0) is 72.7 Å². The third kappa shape index (κ3) is 3.67. The molecule has 0 atom stereocenters. The van der Waals surface area contributed by atoms with Gasteiger partial charge in [-0.3, -0.25) is 0 Å². The molecule has 0 amide bonds. The van der Waals surface area contributed by atoms with Gasteiger partial charge < -0.3 is 5.32 Å². The summed E-state index contributed by atoms with van der Waals surface area (Å²) in [6, 6.07) is 6.12. The van der Waals surface area contributed by atoms with Crippen LogP contribution in [0.15, 0.2) is 27.6 Å². The van der Waals surface area contributed by atoms with Gasteiger partial charge in [-0.1, -0.05) is 6.07 Å². The van der Waals surface area contributed by atoms with Crippen molar-refractivity contribution >= 4 is 26.0 Å². The SMILES string of the molecule is CC1(NS(=O)(=O)c2ccc(CNC3CC3)cc2Br)CCC1. The van der Waals surface area contributed by atoms with Gasteiger partial charge in [0.25, 0.3) is 0 Å². The summed E-state index contributed by atoms with van der Waals surface area (Å²) in [5, 5.41) is 3.43. The zero-order valence-electron chi connectivity index (χ0n) is 12.2. The van der Waals surface area contributed by atoms with Gasteiger partial charge in [0.15, 0.2) is 0 Å². The molecule has 2 fully saturated rings. The summed E-state index contributed by atoms with van der Waals surface area (Å²) in [6.07, 6.45) is 5.40. The van der Waals surface area contributed by atoms with Crippen molar-refractivity contribution in [1.82, 2.24) is 10.0 Å². The van der Waals surface area contributed by atoms with E-state index >= 15 is 0 Å². The zero-order valence-corrected chi connectivity index (χ0v) is 14.6. The van der Waals surface area contributed by atoms with Crippen LogP contribution in [0.4, 0.5) is 0 Å². The van der Waals surface area contributed by atoms with Crippen molar-refractivity contribution < 1.29 is 8.42 Å². The number of nitrogens with one attached hydrogen (secondary N) is 2. The Balaban J connectivity index is 1.74. The highest BCUT2D eigenvalue weighted by molar-refractivity contribution is 9.10. The first kappa shape index (κ1) is 15.5. The van der Waals surface area contributed by atoms with Gasteiger partial charge in [-0.15, -0.1) is 0 Å². The van der Waals surface area contributed by atoms with Gasteiger partial charge in [-0.25, -0.2) is 13.1 Å². The molecule has 2 N–H and O–H groups in total. The van der Waals surface area contributed by atoms with Crippen molar-refractivity contribution in [1.29, 1.82) is 0 Å². The third-order valence-electron chi connectivity index (χ3n) is 4.30. The van der Waals surface area contributed by atoms with Crippen molar-refractivity contribution in [2.24, 2.45) is 0 Å². The van der Waals surface area contributed by atoms with Crippen LogP contribution in [-0.2, 0) is 16.6 Å². The molecule has 2 saturated carbocycles. The normalized spacial score (nSPS) is 21.0. The second kappa shape index (κ2) is 5.65. The highest BCUT2D eigenvalue weighted by Gasteiger charge is 2.36. The van der Waals surface area contributed by atoms with E-state index in [0.717, 1.165) is 31.4 Å². The lowest BCUT2D eigenvalue weighted by Crippen LogP contribution is -2.50. The van der Waals surface area contributed by atoms with Crippen molar-refractivity contribution in [2.45, 2.75) is 62.0 Å². The van der Waals surface area contributed by atoms with Gasteiger partial charge in [0.1, 0.15) is 0 Å². The van der Waals surface area contributed by atoms with Crippen molar-refractivity contribution in [3.8, 4) is 0 Å². The summed E-state index contributed by atoms with van der Waals surface area (Å²) < 4.78 is 28.4. The smallest absolute Gasteiger partial charge is 0.242 e. The Morgan fingerprint density at radius 1 is 1.33 bits per heavy atom. The molecule has 6 heteroatoms. The highest BCUT2D eigenvalue weighted by Crippen LogP contribution is 2.34. The standard InChI is InChI=1S/C15H21BrN2O2S/c1-15(7-2-8-15)18-21(19,20)14-6-3-11(9-13(14)16)10-17-12-4-5-12/h3,6,9,12,17-18H,2,4-5,7-8,10H2,1H3. The maximum absolute atomic E-state index is 12.5. The molecule has 1 aromatic rings. The molecule has 3 rings (SSSR count). The number of rotatable bonds is 6. The van der Waals surface area contributed by atoms with E-state index in [1.54, 1.807) is 6.07 Å². The lowest BCUT2D eigenvalue weighted by atomic mass is 9.80. The molecule has 0 aliphatic heterocycles. The Hall–Kier alpha value is -0.430. The Morgan fingerprint density at radius 2 is 2.05 bits per heavy atom. The maximum atomic E-state index is 12.5. The van der Waals surface area contributed by atoms with E-state index < -0.39 is 10.0 Å². The summed E-state index contributed by atoms with van der Waals surface area (Å²) in [6.45, 7) is 2.75. The first-order valence-electron chi connectivity index (χ1n) is 7.44. The van der Waals surface area contributed by atoms with E-state index in [2.05, 4.69) is 26.0 Å². The van der Waals surface area contributed by atoms with E-state index in [9.17, 15) is 8.42 Å². The van der Waals surface area contributed by atoms with Gasteiger partial charge in [0, 0.05) is 22.6 Å². The summed E-state index contributed by atoms with van der Waals surface area (Å²) in [5.41, 5.74) is 0.826. The average Bonchev–Trinajstić information content (AvgIpc) is 3.17. The lowest BCUT2D eigenvalue weighted by molar-refractivity contribution is 0.248. The molecule has 2 aliphatic carbocycles. The number of sulfonamides is 1. The minimum absolute atomic E-state index is 0.273. The highest BCUT2D eigenvalue weighted by atomic mass is 79.9. The van der Waals surface area contributed by atoms with E-state index in [4.69, 9.17) is 0 Å². The molecule has 4 nitrogen and oxygen atoms in total. The molecule has 0 spiro atoms. The van der Waals surface area contributed by atoms with Gasteiger partial charge >= 0.3 is 0 Å². The van der Waals surface area contributed by atoms with Gasteiger partial charge in [0.05, 0.1) is 4.90 Å². The predicted molar refractivity (Wildman–Crippen MR) is 86.6 cm³/mol. The number of hydrogen-bond donors (Lipinski definition) is 2. The van der Waals surface area contributed by atoms with Crippen LogP contribution in [0, 0.1) is 0 Å². The Kier molecular flexibility index (Phi) is 4.16. The van der Waals surface area contributed by atoms with Crippen molar-refractivity contribution in [3.63, 3.8) is 0 Å². The van der Waals surface area contributed by atoms with Gasteiger partial charge in [-0.2, -0.15) is 0 Å². The quantitative estimate of drug-likeness (QED) is 0.806. The molecular weight excluding hydrogens is 352 g/mol. The Morgan fingerprint density at radius 3 is 2.57 bits per heavy atom. The second-order valence-electron chi connectivity index (χ2n) is 6.44. The molecule has 0 heterocycles. The average molecular weight is 373 g/mol. The first-order chi connectivity index (χ1) is 9.88. The van der Waals surface area contributed by atoms with E-state index in [-0.39, 0.29) is 5.54 Å². The molecule has 21 heavy (non-hydrogen) atoms. The fourth-order valence-corrected chi connectivity index (χ4v) is 5.20. The number of hydrogen-bond acceptors (Lipinski definition) is 3. The summed E-state index contributed by atoms with van der Waals surface area (Å²) in [4.78, 5) is 0.325. The summed E-state index contributed by atoms with van der Waals surface area (Å²) >= 11 is 3.41. The molecular formula is C15H21BrN2O2S. The molecule has 2 aliphatic rings. The number of benzene rings is 1. The molecule has 0 unspecified atom stereocenters. The van der Waals surface area contributed by atoms with Crippen molar-refractivity contribution in [2.75, 3.05) is 0 Å². The van der Waals surface area contributed by atoms with Crippen LogP contribution in [0.5, 0.6) is 0 Å². The van der Waals surface area contributed by atoms with Crippen molar-refractivity contribution in [3.05, 3.63) is 28.2 Å². The molecule has 0 saturated heterocycles. The molecule has 0 radical (unpaired) electrons. The van der Waals surface area contributed by atoms with Crippen LogP contribution >= 0.6 is 15.9 Å². The minimum atomic E-state index is -3.46. The summed E-state index contributed by atoms with van der Waals surface area (Å²) in [5.74, 6) is 0. The van der Waals surface area contributed by atoms with Crippen LogP contribution in [-0.4, -0.2) is 20.0 Å². The van der Waals surface area contributed by atoms with Crippen LogP contribution in [0.25, 0.3) is 0 Å². The lowest BCUT2D eigenvalue weighted by Gasteiger charge is -2.38. The predicted octanol–water partition coefficient (Wildman–Crippen LogP) is 2.92. The third-order valence-corrected chi connectivity index (χ3v) is 6.91. The fraction of sp³-hybridized carbons (Fsp3) is 0.600. The van der Waals surface area contributed by atoms with Crippen LogP contribution < -0.4 is 10.0 Å². The van der Waals surface area contributed by atoms with Gasteiger partial charge in [0.2, 0.25) is 10.0 Å². The Labute approximate surface area is 134 Å². The minimum Gasteiger partial charge on any atom is -0.310 e. The monoisotopic (exact) mass is 372 g/mol. The first-order valence-corrected chi connectivity index (χ1v) is 9.71. The molecule has 0 aromatic heterocycles. The topological polar surface area (TPSA) is 58.2 Å². The zero-order chi connectivity index (χ0) is 15.1. The second-order valence-corrected chi connectivity index (χ2v) is 8.94. The summed E-state index contributed by atoms with van der Waals surface area (Å²) in [7, 11) is -3.46. The maximum Gasteiger partial charge on any atom is 0.242 e. The van der Waals surface area contributed by atoms with E-state index in [1.165, 1.54) is 12.8 Å². The van der Waals surface area contributed by atoms with Crippen LogP contribution in [0.1, 0.15) is 44.6 Å². The Bertz CT molecular complexity index is 637. The van der Waals surface area contributed by atoms with E-state index in [1.807, 2.05) is 19.1 Å². The fourth-order valence-electron chi connectivity index (χ4n) is 2.61. The van der Waals surface area contributed by atoms with Crippen LogP contribution in [0.2, 0.25) is 0 Å². The molecule has 0 bridgehead atoms. The molecule has 1 aromatic carbocycles. The van der Waals surface area contributed by atoms with Crippen LogP contribution in [0.3, 0.4) is 0 Å².